The fourth-order valence-corrected chi connectivity index (χ4v) is 12.8. The van der Waals surface area contributed by atoms with E-state index in [-0.39, 0.29) is 54.4 Å². The number of aromatic nitrogens is 6. The molecule has 27 nitrogen and oxygen atoms in total. The fourth-order valence-electron chi connectivity index (χ4n) is 12.8. The van der Waals surface area contributed by atoms with E-state index in [0.717, 1.165) is 59.6 Å². The molecule has 0 aliphatic carbocycles. The number of benzene rings is 3. The van der Waals surface area contributed by atoms with Crippen molar-refractivity contribution in [3.05, 3.63) is 167 Å². The van der Waals surface area contributed by atoms with Crippen LogP contribution in [0.4, 0.5) is 14.4 Å². The van der Waals surface area contributed by atoms with Crippen LogP contribution in [0.2, 0.25) is 0 Å². The summed E-state index contributed by atoms with van der Waals surface area (Å²) in [4.78, 5) is 128. The summed E-state index contributed by atoms with van der Waals surface area (Å²) in [5.74, 6) is 1.68. The average Bonchev–Trinajstić information content (AvgIpc) is 1.62. The SMILES string of the molecule is COc1ccc(CN2C/C=C\Cn3c(c4n(c3=O)CCN(C(=O)OC(C)(C)C)C4)C2=O)cc1.COc1ccc(CN2CCCCn3c(c4n(c3=O)CCN(C(=O)OC(C)(C)C)C4)C2=O)cc1.COc1ccc(CN2CCCCn3c(c4n(c3=O)CCN(C(=O)OC(C)(C)C)C4)C2=O)cc1. The highest BCUT2D eigenvalue weighted by molar-refractivity contribution is 5.95. The van der Waals surface area contributed by atoms with E-state index in [1.807, 2.05) is 147 Å². The Bertz CT molecular complexity index is 3990. The third kappa shape index (κ3) is 16.8. The third-order valence-corrected chi connectivity index (χ3v) is 17.7. The molecule has 0 atom stereocenters. The van der Waals surface area contributed by atoms with Crippen molar-refractivity contribution in [2.24, 2.45) is 0 Å². The first-order valence-corrected chi connectivity index (χ1v) is 33.9. The molecule has 6 aromatic rings. The van der Waals surface area contributed by atoms with E-state index >= 15 is 0 Å². The standard InChI is InChI=1S/2C24H32N4O5.C24H30N4O5/c3*1-24(2,3)33-23(31)26-13-14-27-19(16-26)20-21(29)25(11-5-6-12-28(20)22(27)30)15-17-7-9-18(32-4)10-8-17/h2*7-10H,5-6,11-16H2,1-4H3;5-10H,11-16H2,1-4H3/b;;6-5-. The molecule has 532 valence electrons. The van der Waals surface area contributed by atoms with Crippen LogP contribution in [-0.4, -0.2) is 170 Å². The molecule has 3 aromatic carbocycles. The van der Waals surface area contributed by atoms with Crippen LogP contribution in [0.5, 0.6) is 17.2 Å². The van der Waals surface area contributed by atoms with E-state index in [9.17, 15) is 43.2 Å². The first-order valence-electron chi connectivity index (χ1n) is 33.9. The quantitative estimate of drug-likeness (QED) is 0.0974. The minimum absolute atomic E-state index is 0.151. The van der Waals surface area contributed by atoms with Crippen LogP contribution >= 0.6 is 0 Å². The second kappa shape index (κ2) is 30.0. The van der Waals surface area contributed by atoms with Crippen molar-refractivity contribution in [3.63, 3.8) is 0 Å². The van der Waals surface area contributed by atoms with Gasteiger partial charge in [0, 0.05) is 98.2 Å². The Hall–Kier alpha value is -9.95. The molecule has 6 amide bonds. The summed E-state index contributed by atoms with van der Waals surface area (Å²) in [6.45, 7) is 23.2. The van der Waals surface area contributed by atoms with Crippen molar-refractivity contribution in [3.8, 4) is 17.2 Å². The predicted molar refractivity (Wildman–Crippen MR) is 367 cm³/mol. The molecule has 99 heavy (non-hydrogen) atoms. The monoisotopic (exact) mass is 1370 g/mol. The summed E-state index contributed by atoms with van der Waals surface area (Å²) >= 11 is 0. The molecule has 0 radical (unpaired) electrons. The van der Waals surface area contributed by atoms with Gasteiger partial charge in [0.25, 0.3) is 17.7 Å². The van der Waals surface area contributed by atoms with Crippen molar-refractivity contribution in [2.45, 2.75) is 183 Å². The van der Waals surface area contributed by atoms with Gasteiger partial charge in [-0.25, -0.2) is 28.8 Å². The second-order valence-electron chi connectivity index (χ2n) is 28.4. The van der Waals surface area contributed by atoms with Crippen LogP contribution in [0, 0.1) is 0 Å². The Balaban J connectivity index is 0.000000161. The minimum Gasteiger partial charge on any atom is -0.497 e. The van der Waals surface area contributed by atoms with Crippen molar-refractivity contribution in [2.75, 3.05) is 60.6 Å². The van der Waals surface area contributed by atoms with E-state index in [0.29, 0.717) is 132 Å². The summed E-state index contributed by atoms with van der Waals surface area (Å²) in [7, 11) is 4.84. The smallest absolute Gasteiger partial charge is 0.410 e. The molecule has 27 heteroatoms. The van der Waals surface area contributed by atoms with Gasteiger partial charge in [0.15, 0.2) is 0 Å². The summed E-state index contributed by atoms with van der Waals surface area (Å²) in [6, 6.07) is 22.8. The maximum atomic E-state index is 13.7. The number of ether oxygens (including phenoxy) is 6. The van der Waals surface area contributed by atoms with Crippen LogP contribution in [0.1, 0.15) is 153 Å². The zero-order chi connectivity index (χ0) is 71.3. The number of hydrogen-bond donors (Lipinski definition) is 0. The number of amides is 6. The molecule has 0 fully saturated rings. The number of imidazole rings is 3. The second-order valence-corrected chi connectivity index (χ2v) is 28.4. The molecule has 0 N–H and O–H groups in total. The highest BCUT2D eigenvalue weighted by Crippen LogP contribution is 2.29. The Morgan fingerprint density at radius 3 is 0.949 bits per heavy atom. The largest absolute Gasteiger partial charge is 0.497 e. The molecule has 3 aromatic heterocycles. The van der Waals surface area contributed by atoms with Crippen LogP contribution in [-0.2, 0) is 92.7 Å². The van der Waals surface area contributed by atoms with Gasteiger partial charge < -0.3 is 57.8 Å². The summed E-state index contributed by atoms with van der Waals surface area (Å²) < 4.78 is 41.8. The normalized spacial score (nSPS) is 16.7. The zero-order valence-electron chi connectivity index (χ0n) is 59.1. The van der Waals surface area contributed by atoms with Gasteiger partial charge in [0.05, 0.1) is 58.0 Å². The van der Waals surface area contributed by atoms with Crippen LogP contribution in [0.15, 0.2) is 99.3 Å². The van der Waals surface area contributed by atoms with Gasteiger partial charge in [-0.1, -0.05) is 48.6 Å². The third-order valence-electron chi connectivity index (χ3n) is 17.7. The zero-order valence-corrected chi connectivity index (χ0v) is 59.1. The number of carbonyl (C=O) groups excluding carboxylic acids is 6. The maximum absolute atomic E-state index is 13.7. The molecular formula is C72H94N12O15. The Labute approximate surface area is 576 Å². The van der Waals surface area contributed by atoms with Crippen molar-refractivity contribution in [1.82, 2.24) is 56.8 Å². The van der Waals surface area contributed by atoms with E-state index in [1.165, 1.54) is 4.57 Å². The molecule has 12 rings (SSSR count). The van der Waals surface area contributed by atoms with Crippen LogP contribution in [0.25, 0.3) is 0 Å². The van der Waals surface area contributed by atoms with E-state index in [1.54, 1.807) is 73.6 Å². The number of hydrogen-bond acceptors (Lipinski definition) is 15. The number of fused-ring (bicyclic) bond motifs is 9. The van der Waals surface area contributed by atoms with Crippen molar-refractivity contribution >= 4 is 36.0 Å². The molecule has 9 heterocycles. The molecule has 0 saturated heterocycles. The molecule has 6 aliphatic rings. The number of rotatable bonds is 9. The van der Waals surface area contributed by atoms with E-state index in [2.05, 4.69) is 0 Å². The first kappa shape index (κ1) is 71.8. The highest BCUT2D eigenvalue weighted by Gasteiger charge is 2.39. The average molecular weight is 1370 g/mol. The van der Waals surface area contributed by atoms with E-state index in [4.69, 9.17) is 28.4 Å². The lowest BCUT2D eigenvalue weighted by molar-refractivity contribution is 0.0187. The molecule has 0 unspecified atom stereocenters. The van der Waals surface area contributed by atoms with Gasteiger partial charge in [-0.2, -0.15) is 0 Å². The molecule has 0 bridgehead atoms. The van der Waals surface area contributed by atoms with Crippen LogP contribution < -0.4 is 31.3 Å². The summed E-state index contributed by atoms with van der Waals surface area (Å²) in [6.07, 6.45) is 5.72. The van der Waals surface area contributed by atoms with Crippen molar-refractivity contribution in [1.29, 1.82) is 0 Å². The predicted octanol–water partition coefficient (Wildman–Crippen LogP) is 8.31. The Kier molecular flexibility index (Phi) is 21.8. The highest BCUT2D eigenvalue weighted by atomic mass is 16.6. The van der Waals surface area contributed by atoms with Gasteiger partial charge in [0.1, 0.15) is 51.1 Å². The van der Waals surface area contributed by atoms with Crippen molar-refractivity contribution < 1.29 is 57.2 Å². The number of carbonyl (C=O) groups is 6. The van der Waals surface area contributed by atoms with Gasteiger partial charge in [-0.3, -0.25) is 41.8 Å². The Morgan fingerprint density at radius 2 is 0.626 bits per heavy atom. The molecular weight excluding hydrogens is 1270 g/mol. The summed E-state index contributed by atoms with van der Waals surface area (Å²) in [5, 5.41) is 0. The lowest BCUT2D eigenvalue weighted by Crippen LogP contribution is -2.43. The van der Waals surface area contributed by atoms with Gasteiger partial charge >= 0.3 is 35.3 Å². The minimum atomic E-state index is -0.625. The number of nitrogens with zero attached hydrogens (tertiary/aromatic N) is 12. The first-order chi connectivity index (χ1) is 47.0. The van der Waals surface area contributed by atoms with Gasteiger partial charge in [0.2, 0.25) is 0 Å². The topological polar surface area (TPSA) is 258 Å². The fraction of sp³-hybridized carbons (Fsp3) is 0.514. The van der Waals surface area contributed by atoms with Gasteiger partial charge in [-0.15, -0.1) is 0 Å². The maximum Gasteiger partial charge on any atom is 0.410 e. The Morgan fingerprint density at radius 1 is 0.343 bits per heavy atom. The molecule has 0 spiro atoms. The number of allylic oxidation sites excluding steroid dienone is 1. The molecule has 0 saturated carbocycles. The van der Waals surface area contributed by atoms with Gasteiger partial charge in [-0.05, 0) is 141 Å². The van der Waals surface area contributed by atoms with E-state index < -0.39 is 35.1 Å². The molecule has 6 aliphatic heterocycles. The lowest BCUT2D eigenvalue weighted by atomic mass is 10.1. The number of methoxy groups -OCH3 is 3. The summed E-state index contributed by atoms with van der Waals surface area (Å²) in [5.41, 5.74) is 3.33. The van der Waals surface area contributed by atoms with Crippen LogP contribution in [0.3, 0.4) is 0 Å². The lowest BCUT2D eigenvalue weighted by Gasteiger charge is -2.31.